The molecule has 2 aliphatic heterocycles. The number of likely N-dealkylation sites (tertiary alicyclic amines) is 1. The van der Waals surface area contributed by atoms with Crippen molar-refractivity contribution in [3.63, 3.8) is 0 Å². The van der Waals surface area contributed by atoms with Crippen LogP contribution in [0.1, 0.15) is 43.7 Å². The molecule has 2 saturated heterocycles. The molecule has 2 heterocycles. The van der Waals surface area contributed by atoms with Gasteiger partial charge in [-0.05, 0) is 74.3 Å². The predicted molar refractivity (Wildman–Crippen MR) is 112 cm³/mol. The highest BCUT2D eigenvalue weighted by atomic mass is 35.5. The van der Waals surface area contributed by atoms with Crippen molar-refractivity contribution in [1.29, 1.82) is 0 Å². The summed E-state index contributed by atoms with van der Waals surface area (Å²) >= 11 is 8.13. The molecule has 0 atom stereocenters. The predicted octanol–water partition coefficient (Wildman–Crippen LogP) is 5.83. The molecule has 2 fully saturated rings. The Hall–Kier alpha value is -0.740. The van der Waals surface area contributed by atoms with Crippen LogP contribution >= 0.6 is 23.5 Å². The SMILES string of the molecule is C=Cc1c(Cl)ccc(SN2CCC(N3CCC(C)CC3)CC2)c1C=C. The molecule has 0 N–H and O–H groups in total. The van der Waals surface area contributed by atoms with E-state index in [-0.39, 0.29) is 0 Å². The highest BCUT2D eigenvalue weighted by Gasteiger charge is 2.27. The Morgan fingerprint density at radius 3 is 2.24 bits per heavy atom. The molecule has 0 aliphatic carbocycles. The van der Waals surface area contributed by atoms with Crippen molar-refractivity contribution in [1.82, 2.24) is 9.21 Å². The van der Waals surface area contributed by atoms with Crippen LogP contribution in [0.25, 0.3) is 12.2 Å². The summed E-state index contributed by atoms with van der Waals surface area (Å²) in [7, 11) is 0. The van der Waals surface area contributed by atoms with Gasteiger partial charge >= 0.3 is 0 Å². The maximum Gasteiger partial charge on any atom is 0.0484 e. The van der Waals surface area contributed by atoms with Crippen LogP contribution in [0, 0.1) is 5.92 Å². The lowest BCUT2D eigenvalue weighted by Gasteiger charge is -2.41. The van der Waals surface area contributed by atoms with Crippen molar-refractivity contribution >= 4 is 35.7 Å². The highest BCUT2D eigenvalue weighted by molar-refractivity contribution is 7.97. The third-order valence-corrected chi connectivity index (χ3v) is 7.09. The summed E-state index contributed by atoms with van der Waals surface area (Å²) in [6.45, 7) is 15.1. The number of piperidine rings is 2. The molecule has 3 rings (SSSR count). The van der Waals surface area contributed by atoms with Crippen LogP contribution in [0.2, 0.25) is 5.02 Å². The number of nitrogens with zero attached hydrogens (tertiary/aromatic N) is 2. The first-order valence-corrected chi connectivity index (χ1v) is 10.5. The minimum atomic E-state index is 0.743. The summed E-state index contributed by atoms with van der Waals surface area (Å²) in [4.78, 5) is 3.95. The van der Waals surface area contributed by atoms with Crippen LogP contribution in [0.3, 0.4) is 0 Å². The minimum absolute atomic E-state index is 0.743. The van der Waals surface area contributed by atoms with Gasteiger partial charge in [0.1, 0.15) is 0 Å². The van der Waals surface area contributed by atoms with Crippen molar-refractivity contribution in [3.8, 4) is 0 Å². The summed E-state index contributed by atoms with van der Waals surface area (Å²) in [5.41, 5.74) is 2.08. The number of hydrogen-bond donors (Lipinski definition) is 0. The Labute approximate surface area is 162 Å². The molecule has 0 aromatic heterocycles. The fourth-order valence-corrected chi connectivity index (χ4v) is 5.25. The van der Waals surface area contributed by atoms with Gasteiger partial charge in [0, 0.05) is 34.6 Å². The van der Waals surface area contributed by atoms with Crippen LogP contribution in [-0.2, 0) is 0 Å². The Kier molecular flexibility index (Phi) is 6.67. The van der Waals surface area contributed by atoms with Crippen molar-refractivity contribution in [2.45, 2.75) is 43.5 Å². The van der Waals surface area contributed by atoms with E-state index < -0.39 is 0 Å². The maximum atomic E-state index is 6.29. The monoisotopic (exact) mass is 376 g/mol. The van der Waals surface area contributed by atoms with Gasteiger partial charge in [0.2, 0.25) is 0 Å². The van der Waals surface area contributed by atoms with E-state index in [9.17, 15) is 0 Å². The second kappa shape index (κ2) is 8.77. The van der Waals surface area contributed by atoms with Gasteiger partial charge < -0.3 is 4.90 Å². The minimum Gasteiger partial charge on any atom is -0.300 e. The van der Waals surface area contributed by atoms with E-state index >= 15 is 0 Å². The van der Waals surface area contributed by atoms with Crippen LogP contribution in [0.5, 0.6) is 0 Å². The van der Waals surface area contributed by atoms with Gasteiger partial charge in [0.15, 0.2) is 0 Å². The van der Waals surface area contributed by atoms with Crippen LogP contribution in [-0.4, -0.2) is 41.4 Å². The van der Waals surface area contributed by atoms with Gasteiger partial charge in [-0.2, -0.15) is 0 Å². The van der Waals surface area contributed by atoms with Gasteiger partial charge in [-0.15, -0.1) is 0 Å². The Balaban J connectivity index is 1.59. The summed E-state index contributed by atoms with van der Waals surface area (Å²) in [6, 6.07) is 4.85. The van der Waals surface area contributed by atoms with Gasteiger partial charge in [-0.25, -0.2) is 4.31 Å². The lowest BCUT2D eigenvalue weighted by Crippen LogP contribution is -2.46. The van der Waals surface area contributed by atoms with Crippen LogP contribution < -0.4 is 0 Å². The molecule has 25 heavy (non-hydrogen) atoms. The molecule has 0 saturated carbocycles. The third kappa shape index (κ3) is 4.51. The molecule has 2 aliphatic rings. The summed E-state index contributed by atoms with van der Waals surface area (Å²) < 4.78 is 2.49. The highest BCUT2D eigenvalue weighted by Crippen LogP contribution is 2.35. The first kappa shape index (κ1) is 19.0. The van der Waals surface area contributed by atoms with Gasteiger partial charge in [-0.1, -0.05) is 43.8 Å². The van der Waals surface area contributed by atoms with Gasteiger partial charge in [-0.3, -0.25) is 0 Å². The zero-order chi connectivity index (χ0) is 17.8. The molecule has 0 spiro atoms. The Morgan fingerprint density at radius 2 is 1.64 bits per heavy atom. The first-order chi connectivity index (χ1) is 12.1. The Morgan fingerprint density at radius 1 is 1.00 bits per heavy atom. The van der Waals surface area contributed by atoms with E-state index in [0.29, 0.717) is 0 Å². The smallest absolute Gasteiger partial charge is 0.0484 e. The van der Waals surface area contributed by atoms with E-state index in [1.165, 1.54) is 43.7 Å². The summed E-state index contributed by atoms with van der Waals surface area (Å²) in [5, 5.41) is 0.743. The number of halogens is 1. The second-order valence-corrected chi connectivity index (χ2v) is 8.80. The van der Waals surface area contributed by atoms with Crippen molar-refractivity contribution in [2.75, 3.05) is 26.2 Å². The van der Waals surface area contributed by atoms with E-state index in [2.05, 4.69) is 35.4 Å². The molecule has 0 bridgehead atoms. The summed E-state index contributed by atoms with van der Waals surface area (Å²) in [6.07, 6.45) is 9.00. The number of rotatable bonds is 5. The van der Waals surface area contributed by atoms with E-state index in [4.69, 9.17) is 11.6 Å². The van der Waals surface area contributed by atoms with E-state index in [1.807, 2.05) is 30.2 Å². The van der Waals surface area contributed by atoms with Crippen molar-refractivity contribution in [3.05, 3.63) is 41.4 Å². The topological polar surface area (TPSA) is 6.48 Å². The van der Waals surface area contributed by atoms with Crippen molar-refractivity contribution < 1.29 is 0 Å². The average molecular weight is 377 g/mol. The molecular formula is C21H29ClN2S. The quantitative estimate of drug-likeness (QED) is 0.597. The molecule has 2 nitrogen and oxygen atoms in total. The molecule has 0 radical (unpaired) electrons. The zero-order valence-electron chi connectivity index (χ0n) is 15.2. The molecule has 0 amide bonds. The molecule has 4 heteroatoms. The zero-order valence-corrected chi connectivity index (χ0v) is 16.8. The molecule has 1 aromatic rings. The van der Waals surface area contributed by atoms with Crippen molar-refractivity contribution in [2.24, 2.45) is 5.92 Å². The lowest BCUT2D eigenvalue weighted by molar-refractivity contribution is 0.103. The molecule has 1 aromatic carbocycles. The molecule has 0 unspecified atom stereocenters. The summed E-state index contributed by atoms with van der Waals surface area (Å²) in [5.74, 6) is 0.910. The fourth-order valence-electron chi connectivity index (χ4n) is 3.92. The molecular weight excluding hydrogens is 348 g/mol. The number of benzene rings is 1. The van der Waals surface area contributed by atoms with Gasteiger partial charge in [0.05, 0.1) is 0 Å². The standard InChI is InChI=1S/C21H29ClN2S/c1-4-18-19(5-2)21(7-6-20(18)22)25-24-14-10-17(11-15-24)23-12-8-16(3)9-13-23/h4-7,16-17H,1-2,8-15H2,3H3. The average Bonchev–Trinajstić information content (AvgIpc) is 2.64. The first-order valence-electron chi connectivity index (χ1n) is 9.36. The molecule has 136 valence electrons. The van der Waals surface area contributed by atoms with Crippen LogP contribution in [0.15, 0.2) is 30.2 Å². The third-order valence-electron chi connectivity index (χ3n) is 5.59. The normalized spacial score (nSPS) is 21.4. The van der Waals surface area contributed by atoms with E-state index in [0.717, 1.165) is 41.2 Å². The lowest BCUT2D eigenvalue weighted by atomic mass is 9.95. The van der Waals surface area contributed by atoms with Gasteiger partial charge in [0.25, 0.3) is 0 Å². The Bertz CT molecular complexity index is 615. The largest absolute Gasteiger partial charge is 0.300 e. The second-order valence-electron chi connectivity index (χ2n) is 7.25. The fraction of sp³-hybridized carbons (Fsp3) is 0.524. The van der Waals surface area contributed by atoms with Crippen LogP contribution in [0.4, 0.5) is 0 Å². The maximum absolute atomic E-state index is 6.29. The van der Waals surface area contributed by atoms with E-state index in [1.54, 1.807) is 0 Å². The number of hydrogen-bond acceptors (Lipinski definition) is 3.